The van der Waals surface area contributed by atoms with E-state index in [4.69, 9.17) is 4.74 Å². The third kappa shape index (κ3) is 3.67. The summed E-state index contributed by atoms with van der Waals surface area (Å²) in [4.78, 5) is 23.0. The van der Waals surface area contributed by atoms with E-state index in [1.807, 2.05) is 6.92 Å². The Morgan fingerprint density at radius 1 is 0.895 bits per heavy atom. The number of rotatable bonds is 2. The monoisotopic (exact) mass is 256 g/mol. The summed E-state index contributed by atoms with van der Waals surface area (Å²) in [5.41, 5.74) is 1.32. The number of para-hydroxylation sites is 1. The molecule has 0 aliphatic carbocycles. The molecule has 0 spiro atoms. The fourth-order valence-corrected chi connectivity index (χ4v) is 1.43. The lowest BCUT2D eigenvalue weighted by Gasteiger charge is -2.04. The van der Waals surface area contributed by atoms with Crippen molar-refractivity contribution in [2.75, 3.05) is 0 Å². The molecule has 0 saturated heterocycles. The molecule has 0 aliphatic rings. The van der Waals surface area contributed by atoms with Gasteiger partial charge in [-0.3, -0.25) is 0 Å². The lowest BCUT2D eigenvalue weighted by atomic mass is 10.2. The van der Waals surface area contributed by atoms with Crippen LogP contribution in [0, 0.1) is 6.92 Å². The summed E-state index contributed by atoms with van der Waals surface area (Å²) in [6.45, 7) is 1.90. The first kappa shape index (κ1) is 12.8. The number of ether oxygens (including phenoxy) is 2. The minimum Gasteiger partial charge on any atom is -0.395 e. The van der Waals surface area contributed by atoms with Crippen molar-refractivity contribution in [2.24, 2.45) is 0 Å². The number of esters is 1. The Labute approximate surface area is 110 Å². The summed E-state index contributed by atoms with van der Waals surface area (Å²) in [5.74, 6) is -0.412. The summed E-state index contributed by atoms with van der Waals surface area (Å²) < 4.78 is 9.43. The van der Waals surface area contributed by atoms with Crippen LogP contribution in [0.1, 0.15) is 15.9 Å². The Morgan fingerprint density at radius 3 is 2.16 bits per heavy atom. The lowest BCUT2D eigenvalue weighted by Crippen LogP contribution is -2.16. The smallest absolute Gasteiger partial charge is 0.395 e. The SMILES string of the molecule is Cc1ccc(C(=O)OC(=O)Oc2ccccc2)cc1. The predicted molar refractivity (Wildman–Crippen MR) is 69.1 cm³/mol. The summed E-state index contributed by atoms with van der Waals surface area (Å²) >= 11 is 0. The zero-order valence-electron chi connectivity index (χ0n) is 10.3. The van der Waals surface area contributed by atoms with Gasteiger partial charge in [-0.15, -0.1) is 0 Å². The average Bonchev–Trinajstić information content (AvgIpc) is 2.40. The molecule has 0 N–H and O–H groups in total. The van der Waals surface area contributed by atoms with Crippen LogP contribution < -0.4 is 4.74 Å². The van der Waals surface area contributed by atoms with Crippen molar-refractivity contribution >= 4 is 12.1 Å². The highest BCUT2D eigenvalue weighted by Gasteiger charge is 2.14. The van der Waals surface area contributed by atoms with Crippen molar-refractivity contribution in [1.29, 1.82) is 0 Å². The van der Waals surface area contributed by atoms with Gasteiger partial charge in [-0.2, -0.15) is 0 Å². The molecule has 0 saturated carbocycles. The molecule has 0 aromatic heterocycles. The molecule has 2 rings (SSSR count). The third-order valence-electron chi connectivity index (χ3n) is 2.41. The van der Waals surface area contributed by atoms with Gasteiger partial charge < -0.3 is 9.47 Å². The van der Waals surface area contributed by atoms with Gasteiger partial charge in [0.2, 0.25) is 0 Å². The van der Waals surface area contributed by atoms with Gasteiger partial charge in [0.05, 0.1) is 5.56 Å². The van der Waals surface area contributed by atoms with Gasteiger partial charge in [-0.1, -0.05) is 35.9 Å². The van der Waals surface area contributed by atoms with Crippen LogP contribution in [0.2, 0.25) is 0 Å². The zero-order valence-corrected chi connectivity index (χ0v) is 10.3. The maximum Gasteiger partial charge on any atom is 0.521 e. The Kier molecular flexibility index (Phi) is 3.93. The second-order valence-corrected chi connectivity index (χ2v) is 3.92. The molecule has 2 aromatic carbocycles. The molecule has 0 fully saturated rings. The predicted octanol–water partition coefficient (Wildman–Crippen LogP) is 3.35. The number of carbonyl (C=O) groups excluding carboxylic acids is 2. The number of hydrogen-bond donors (Lipinski definition) is 0. The van der Waals surface area contributed by atoms with Crippen molar-refractivity contribution in [3.63, 3.8) is 0 Å². The highest BCUT2D eigenvalue weighted by molar-refractivity contribution is 5.95. The lowest BCUT2D eigenvalue weighted by molar-refractivity contribution is 0.0530. The van der Waals surface area contributed by atoms with Crippen LogP contribution in [0.4, 0.5) is 4.79 Å². The summed E-state index contributed by atoms with van der Waals surface area (Å²) in [7, 11) is 0. The second kappa shape index (κ2) is 5.82. The minimum atomic E-state index is -1.04. The summed E-state index contributed by atoms with van der Waals surface area (Å²) in [5, 5.41) is 0. The first-order chi connectivity index (χ1) is 9.15. The van der Waals surface area contributed by atoms with Gasteiger partial charge in [0.25, 0.3) is 0 Å². The van der Waals surface area contributed by atoms with Gasteiger partial charge in [0.1, 0.15) is 5.75 Å². The topological polar surface area (TPSA) is 52.6 Å². The fraction of sp³-hybridized carbons (Fsp3) is 0.0667. The highest BCUT2D eigenvalue weighted by Crippen LogP contribution is 2.10. The van der Waals surface area contributed by atoms with Gasteiger partial charge in [-0.25, -0.2) is 9.59 Å². The maximum atomic E-state index is 11.6. The zero-order chi connectivity index (χ0) is 13.7. The first-order valence-corrected chi connectivity index (χ1v) is 5.71. The van der Waals surface area contributed by atoms with Crippen LogP contribution in [0.15, 0.2) is 54.6 Å². The molecule has 4 nitrogen and oxygen atoms in total. The largest absolute Gasteiger partial charge is 0.521 e. The second-order valence-electron chi connectivity index (χ2n) is 3.92. The van der Waals surface area contributed by atoms with E-state index >= 15 is 0 Å². The fourth-order valence-electron chi connectivity index (χ4n) is 1.43. The van der Waals surface area contributed by atoms with E-state index in [9.17, 15) is 9.59 Å². The van der Waals surface area contributed by atoms with Gasteiger partial charge >= 0.3 is 12.1 Å². The highest BCUT2D eigenvalue weighted by atomic mass is 16.7. The summed E-state index contributed by atoms with van der Waals surface area (Å²) in [6.07, 6.45) is -1.04. The van der Waals surface area contributed by atoms with E-state index in [0.717, 1.165) is 5.56 Å². The molecule has 96 valence electrons. The van der Waals surface area contributed by atoms with Gasteiger partial charge in [0, 0.05) is 0 Å². The van der Waals surface area contributed by atoms with E-state index in [-0.39, 0.29) is 0 Å². The van der Waals surface area contributed by atoms with E-state index in [1.54, 1.807) is 54.6 Å². The van der Waals surface area contributed by atoms with Crippen molar-refractivity contribution in [3.8, 4) is 5.75 Å². The average molecular weight is 256 g/mol. The maximum absolute atomic E-state index is 11.6. The normalized spacial score (nSPS) is 9.74. The summed E-state index contributed by atoms with van der Waals surface area (Å²) in [6, 6.07) is 15.1. The van der Waals surface area contributed by atoms with E-state index in [0.29, 0.717) is 11.3 Å². The van der Waals surface area contributed by atoms with Gasteiger partial charge in [-0.05, 0) is 31.2 Å². The van der Waals surface area contributed by atoms with Crippen molar-refractivity contribution < 1.29 is 19.1 Å². The molecular formula is C15H12O4. The molecule has 0 bridgehead atoms. The van der Waals surface area contributed by atoms with Crippen molar-refractivity contribution in [1.82, 2.24) is 0 Å². The number of benzene rings is 2. The molecule has 0 aliphatic heterocycles. The Balaban J connectivity index is 1.95. The van der Waals surface area contributed by atoms with E-state index < -0.39 is 12.1 Å². The van der Waals surface area contributed by atoms with E-state index in [1.165, 1.54) is 0 Å². The van der Waals surface area contributed by atoms with Crippen molar-refractivity contribution in [3.05, 3.63) is 65.7 Å². The quantitative estimate of drug-likeness (QED) is 0.469. The Morgan fingerprint density at radius 2 is 1.53 bits per heavy atom. The molecular weight excluding hydrogens is 244 g/mol. The molecule has 0 atom stereocenters. The molecule has 2 aromatic rings. The number of hydrogen-bond acceptors (Lipinski definition) is 4. The van der Waals surface area contributed by atoms with Crippen LogP contribution in [0.3, 0.4) is 0 Å². The molecule has 0 amide bonds. The number of aryl methyl sites for hydroxylation is 1. The Hall–Kier alpha value is -2.62. The van der Waals surface area contributed by atoms with Crippen molar-refractivity contribution in [2.45, 2.75) is 6.92 Å². The van der Waals surface area contributed by atoms with Crippen LogP contribution in [0.5, 0.6) is 5.75 Å². The van der Waals surface area contributed by atoms with Crippen LogP contribution >= 0.6 is 0 Å². The molecule has 0 unspecified atom stereocenters. The van der Waals surface area contributed by atoms with E-state index in [2.05, 4.69) is 4.74 Å². The molecule has 0 radical (unpaired) electrons. The molecule has 0 heterocycles. The van der Waals surface area contributed by atoms with Gasteiger partial charge in [0.15, 0.2) is 0 Å². The third-order valence-corrected chi connectivity index (χ3v) is 2.41. The molecule has 19 heavy (non-hydrogen) atoms. The van der Waals surface area contributed by atoms with Crippen LogP contribution in [-0.4, -0.2) is 12.1 Å². The first-order valence-electron chi connectivity index (χ1n) is 5.71. The molecule has 4 heteroatoms. The van der Waals surface area contributed by atoms with Crippen LogP contribution in [0.25, 0.3) is 0 Å². The van der Waals surface area contributed by atoms with Crippen LogP contribution in [-0.2, 0) is 4.74 Å². The number of carbonyl (C=O) groups is 2. The minimum absolute atomic E-state index is 0.301. The standard InChI is InChI=1S/C15H12O4/c1-11-7-9-12(10-8-11)14(16)19-15(17)18-13-5-3-2-4-6-13/h2-10H,1H3. The Bertz CT molecular complexity index is 573.